The molecule has 0 spiro atoms. The number of rotatable bonds is 4. The molecule has 1 heterocycles. The van der Waals surface area contributed by atoms with Crippen LogP contribution in [0.4, 0.5) is 11.4 Å². The van der Waals surface area contributed by atoms with Gasteiger partial charge in [-0.1, -0.05) is 30.3 Å². The Bertz CT molecular complexity index is 751. The first-order valence-electron chi connectivity index (χ1n) is 8.95. The first-order chi connectivity index (χ1) is 12.5. The minimum atomic E-state index is -0.00915. The highest BCUT2D eigenvalue weighted by molar-refractivity contribution is 5.90. The van der Waals surface area contributed by atoms with Gasteiger partial charge in [0.15, 0.2) is 0 Å². The van der Waals surface area contributed by atoms with Gasteiger partial charge in [-0.25, -0.2) is 0 Å². The Labute approximate surface area is 154 Å². The van der Waals surface area contributed by atoms with Gasteiger partial charge in [-0.15, -0.1) is 0 Å². The summed E-state index contributed by atoms with van der Waals surface area (Å²) >= 11 is 0. The Hall–Kier alpha value is -2.82. The van der Waals surface area contributed by atoms with Gasteiger partial charge in [0.05, 0.1) is 6.42 Å². The van der Waals surface area contributed by atoms with Crippen LogP contribution in [0.3, 0.4) is 0 Å². The molecule has 2 aromatic carbocycles. The molecule has 1 saturated heterocycles. The molecular formula is C21H25N3O2. The molecule has 0 unspecified atom stereocenters. The summed E-state index contributed by atoms with van der Waals surface area (Å²) in [6.07, 6.45) is 0.398. The summed E-state index contributed by atoms with van der Waals surface area (Å²) in [5.41, 5.74) is 3.02. The molecule has 1 aliphatic rings. The number of hydrogen-bond donors (Lipinski definition) is 0. The number of carbonyl (C=O) groups is 2. The molecule has 1 aliphatic heterocycles. The van der Waals surface area contributed by atoms with Crippen LogP contribution in [0.5, 0.6) is 0 Å². The van der Waals surface area contributed by atoms with E-state index in [9.17, 15) is 9.59 Å². The van der Waals surface area contributed by atoms with E-state index in [4.69, 9.17) is 0 Å². The molecule has 0 bridgehead atoms. The second-order valence-electron chi connectivity index (χ2n) is 6.62. The summed E-state index contributed by atoms with van der Waals surface area (Å²) in [4.78, 5) is 29.8. The highest BCUT2D eigenvalue weighted by atomic mass is 16.2. The number of carbonyl (C=O) groups excluding carboxylic acids is 2. The number of amides is 2. The molecule has 0 atom stereocenters. The summed E-state index contributed by atoms with van der Waals surface area (Å²) in [5.74, 6) is 0.149. The van der Waals surface area contributed by atoms with Gasteiger partial charge in [0.1, 0.15) is 0 Å². The van der Waals surface area contributed by atoms with Crippen LogP contribution in [0.1, 0.15) is 12.5 Å². The van der Waals surface area contributed by atoms with E-state index in [0.29, 0.717) is 6.42 Å². The van der Waals surface area contributed by atoms with Crippen molar-refractivity contribution in [3.05, 3.63) is 60.2 Å². The third-order valence-electron chi connectivity index (χ3n) is 4.91. The molecule has 2 aromatic rings. The van der Waals surface area contributed by atoms with Crippen LogP contribution < -0.4 is 9.80 Å². The average Bonchev–Trinajstić information content (AvgIpc) is 2.68. The molecule has 3 rings (SSSR count). The predicted molar refractivity (Wildman–Crippen MR) is 104 cm³/mol. The molecule has 2 amide bonds. The van der Waals surface area contributed by atoms with E-state index in [0.717, 1.165) is 37.4 Å². The average molecular weight is 351 g/mol. The zero-order valence-electron chi connectivity index (χ0n) is 15.4. The number of benzene rings is 2. The van der Waals surface area contributed by atoms with Crippen molar-refractivity contribution in [3.63, 3.8) is 0 Å². The zero-order chi connectivity index (χ0) is 18.5. The number of anilines is 2. The van der Waals surface area contributed by atoms with Crippen molar-refractivity contribution in [2.24, 2.45) is 0 Å². The largest absolute Gasteiger partial charge is 0.368 e. The minimum absolute atomic E-state index is 0.00915. The molecule has 136 valence electrons. The monoisotopic (exact) mass is 351 g/mol. The van der Waals surface area contributed by atoms with Crippen molar-refractivity contribution < 1.29 is 9.59 Å². The second-order valence-corrected chi connectivity index (χ2v) is 6.62. The third kappa shape index (κ3) is 4.23. The molecule has 0 N–H and O–H groups in total. The second kappa shape index (κ2) is 8.04. The standard InChI is InChI=1S/C21H25N3O2/c1-17(25)22(2)19-10-8-18(9-11-19)16-21(26)24-14-12-23(13-15-24)20-6-4-3-5-7-20/h3-11H,12-16H2,1-2H3. The van der Waals surface area contributed by atoms with Crippen molar-refractivity contribution in [1.82, 2.24) is 4.90 Å². The van der Waals surface area contributed by atoms with Crippen molar-refractivity contribution in [2.45, 2.75) is 13.3 Å². The lowest BCUT2D eigenvalue weighted by Crippen LogP contribution is -2.49. The summed E-state index contributed by atoms with van der Waals surface area (Å²) in [5, 5.41) is 0. The van der Waals surface area contributed by atoms with Crippen molar-refractivity contribution >= 4 is 23.2 Å². The molecular weight excluding hydrogens is 326 g/mol. The van der Waals surface area contributed by atoms with E-state index >= 15 is 0 Å². The highest BCUT2D eigenvalue weighted by Crippen LogP contribution is 2.17. The van der Waals surface area contributed by atoms with Gasteiger partial charge >= 0.3 is 0 Å². The van der Waals surface area contributed by atoms with E-state index in [-0.39, 0.29) is 11.8 Å². The number of para-hydroxylation sites is 1. The van der Waals surface area contributed by atoms with Crippen LogP contribution in [-0.4, -0.2) is 49.9 Å². The topological polar surface area (TPSA) is 43.9 Å². The fraction of sp³-hybridized carbons (Fsp3) is 0.333. The van der Waals surface area contributed by atoms with Crippen molar-refractivity contribution in [3.8, 4) is 0 Å². The van der Waals surface area contributed by atoms with E-state index < -0.39 is 0 Å². The lowest BCUT2D eigenvalue weighted by atomic mass is 10.1. The fourth-order valence-corrected chi connectivity index (χ4v) is 3.16. The molecule has 1 fully saturated rings. The zero-order valence-corrected chi connectivity index (χ0v) is 15.4. The van der Waals surface area contributed by atoms with E-state index in [1.54, 1.807) is 11.9 Å². The van der Waals surface area contributed by atoms with E-state index in [1.165, 1.54) is 12.6 Å². The smallest absolute Gasteiger partial charge is 0.227 e. The van der Waals surface area contributed by atoms with Crippen LogP contribution in [0.2, 0.25) is 0 Å². The molecule has 0 saturated carbocycles. The molecule has 5 nitrogen and oxygen atoms in total. The lowest BCUT2D eigenvalue weighted by molar-refractivity contribution is -0.130. The first kappa shape index (κ1) is 18.0. The summed E-state index contributed by atoms with van der Waals surface area (Å²) in [6, 6.07) is 17.9. The maximum atomic E-state index is 12.6. The van der Waals surface area contributed by atoms with Gasteiger partial charge < -0.3 is 14.7 Å². The predicted octanol–water partition coefficient (Wildman–Crippen LogP) is 2.56. The lowest BCUT2D eigenvalue weighted by Gasteiger charge is -2.36. The Kier molecular flexibility index (Phi) is 5.56. The van der Waals surface area contributed by atoms with E-state index in [1.807, 2.05) is 47.4 Å². The van der Waals surface area contributed by atoms with Crippen LogP contribution >= 0.6 is 0 Å². The normalized spacial score (nSPS) is 14.2. The molecule has 0 radical (unpaired) electrons. The maximum Gasteiger partial charge on any atom is 0.227 e. The SMILES string of the molecule is CC(=O)N(C)c1ccc(CC(=O)N2CCN(c3ccccc3)CC2)cc1. The number of nitrogens with zero attached hydrogens (tertiary/aromatic N) is 3. The van der Waals surface area contributed by atoms with Crippen molar-refractivity contribution in [2.75, 3.05) is 43.0 Å². The highest BCUT2D eigenvalue weighted by Gasteiger charge is 2.21. The molecule has 5 heteroatoms. The van der Waals surface area contributed by atoms with Gasteiger partial charge in [0.25, 0.3) is 0 Å². The number of hydrogen-bond acceptors (Lipinski definition) is 3. The van der Waals surface area contributed by atoms with Gasteiger partial charge in [-0.3, -0.25) is 9.59 Å². The molecule has 0 aliphatic carbocycles. The van der Waals surface area contributed by atoms with Crippen LogP contribution in [0, 0.1) is 0 Å². The molecule has 26 heavy (non-hydrogen) atoms. The number of piperazine rings is 1. The van der Waals surface area contributed by atoms with Crippen molar-refractivity contribution in [1.29, 1.82) is 0 Å². The summed E-state index contributed by atoms with van der Waals surface area (Å²) in [6.45, 7) is 4.75. The van der Waals surface area contributed by atoms with Crippen LogP contribution in [0.15, 0.2) is 54.6 Å². The fourth-order valence-electron chi connectivity index (χ4n) is 3.16. The van der Waals surface area contributed by atoms with Gasteiger partial charge in [0, 0.05) is 51.5 Å². The molecule has 0 aromatic heterocycles. The maximum absolute atomic E-state index is 12.6. The van der Waals surface area contributed by atoms with Gasteiger partial charge in [-0.05, 0) is 29.8 Å². The summed E-state index contributed by atoms with van der Waals surface area (Å²) < 4.78 is 0. The van der Waals surface area contributed by atoms with Crippen LogP contribution in [0.25, 0.3) is 0 Å². The van der Waals surface area contributed by atoms with E-state index in [2.05, 4.69) is 17.0 Å². The Morgan fingerprint density at radius 2 is 1.54 bits per heavy atom. The Morgan fingerprint density at radius 3 is 2.12 bits per heavy atom. The third-order valence-corrected chi connectivity index (χ3v) is 4.91. The van der Waals surface area contributed by atoms with Gasteiger partial charge in [-0.2, -0.15) is 0 Å². The minimum Gasteiger partial charge on any atom is -0.368 e. The Balaban J connectivity index is 1.54. The summed E-state index contributed by atoms with van der Waals surface area (Å²) in [7, 11) is 1.74. The van der Waals surface area contributed by atoms with Gasteiger partial charge in [0.2, 0.25) is 11.8 Å². The first-order valence-corrected chi connectivity index (χ1v) is 8.95. The van der Waals surface area contributed by atoms with Crippen LogP contribution in [-0.2, 0) is 16.0 Å². The quantitative estimate of drug-likeness (QED) is 0.850. The Morgan fingerprint density at radius 1 is 0.923 bits per heavy atom.